The van der Waals surface area contributed by atoms with Crippen molar-refractivity contribution >= 4 is 21.2 Å². The van der Waals surface area contributed by atoms with Crippen LogP contribution in [-0.4, -0.2) is 34.6 Å². The first-order valence-corrected chi connectivity index (χ1v) is 7.65. The van der Waals surface area contributed by atoms with Gasteiger partial charge in [-0.2, -0.15) is 5.10 Å². The SMILES string of the molecule is CCOCS1=C(c2ccccc2)C(CC)=NN1C. The molecule has 1 aliphatic rings. The highest BCUT2D eigenvalue weighted by Gasteiger charge is 2.22. The molecule has 98 valence electrons. The Hall–Kier alpha value is -1.13. The Morgan fingerprint density at radius 1 is 1.22 bits per heavy atom. The van der Waals surface area contributed by atoms with Crippen LogP contribution in [0, 0.1) is 0 Å². The topological polar surface area (TPSA) is 24.8 Å². The lowest BCUT2D eigenvalue weighted by Crippen LogP contribution is -2.13. The summed E-state index contributed by atoms with van der Waals surface area (Å²) in [6, 6.07) is 10.5. The quantitative estimate of drug-likeness (QED) is 0.763. The summed E-state index contributed by atoms with van der Waals surface area (Å²) in [6.07, 6.45) is 0.962. The molecule has 0 aliphatic carbocycles. The molecule has 1 aromatic rings. The van der Waals surface area contributed by atoms with Gasteiger partial charge in [-0.15, -0.1) is 0 Å². The highest BCUT2D eigenvalue weighted by Crippen LogP contribution is 2.30. The van der Waals surface area contributed by atoms with Gasteiger partial charge in [-0.3, -0.25) is 0 Å². The van der Waals surface area contributed by atoms with E-state index in [0.29, 0.717) is 0 Å². The van der Waals surface area contributed by atoms with Crippen LogP contribution < -0.4 is 0 Å². The van der Waals surface area contributed by atoms with Gasteiger partial charge in [-0.25, -0.2) is 4.41 Å². The lowest BCUT2D eigenvalue weighted by molar-refractivity contribution is 0.196. The minimum Gasteiger partial charge on any atom is -0.370 e. The van der Waals surface area contributed by atoms with Crippen molar-refractivity contribution in [3.8, 4) is 0 Å². The molecule has 2 rings (SSSR count). The van der Waals surface area contributed by atoms with E-state index in [1.54, 1.807) is 0 Å². The van der Waals surface area contributed by atoms with Gasteiger partial charge in [0.2, 0.25) is 0 Å². The van der Waals surface area contributed by atoms with Gasteiger partial charge in [0.15, 0.2) is 0 Å². The van der Waals surface area contributed by atoms with Crippen molar-refractivity contribution in [2.75, 3.05) is 19.6 Å². The number of nitrogens with zero attached hydrogens (tertiary/aromatic N) is 2. The highest BCUT2D eigenvalue weighted by atomic mass is 32.2. The Morgan fingerprint density at radius 3 is 2.56 bits per heavy atom. The molecule has 0 N–H and O–H groups in total. The molecular formula is C14H20N2OS. The summed E-state index contributed by atoms with van der Waals surface area (Å²) in [7, 11) is 1.97. The molecule has 0 amide bonds. The fraction of sp³-hybridized carbons (Fsp3) is 0.429. The largest absolute Gasteiger partial charge is 0.370 e. The summed E-state index contributed by atoms with van der Waals surface area (Å²) in [4.78, 5) is 1.34. The normalized spacial score (nSPS) is 19.3. The predicted octanol–water partition coefficient (Wildman–Crippen LogP) is 3.10. The minimum atomic E-state index is -0.0666. The van der Waals surface area contributed by atoms with E-state index >= 15 is 0 Å². The van der Waals surface area contributed by atoms with E-state index in [1.165, 1.54) is 16.1 Å². The molecule has 0 aromatic heterocycles. The molecule has 1 aliphatic heterocycles. The summed E-state index contributed by atoms with van der Waals surface area (Å²) in [5.74, 6) is 0.726. The molecule has 0 saturated heterocycles. The van der Waals surface area contributed by atoms with Crippen LogP contribution in [0.15, 0.2) is 35.4 Å². The first-order chi connectivity index (χ1) is 8.77. The average Bonchev–Trinajstić information content (AvgIpc) is 2.73. The third-order valence-electron chi connectivity index (χ3n) is 2.85. The van der Waals surface area contributed by atoms with E-state index in [1.807, 2.05) is 20.0 Å². The molecule has 0 spiro atoms. The standard InChI is InChI=1S/C14H20N2OS/c1-4-13-14(12-9-7-6-8-10-12)18(11-17-5-2)16(3)15-13/h6-10H,4-5,11H2,1-3H3. The number of rotatable bonds is 5. The summed E-state index contributed by atoms with van der Waals surface area (Å²) >= 11 is 0. The zero-order valence-corrected chi connectivity index (χ0v) is 12.0. The summed E-state index contributed by atoms with van der Waals surface area (Å²) in [5, 5.41) is 4.64. The Kier molecular flexibility index (Phi) is 4.55. The molecule has 3 nitrogen and oxygen atoms in total. The lowest BCUT2D eigenvalue weighted by Gasteiger charge is -2.15. The third-order valence-corrected chi connectivity index (χ3v) is 4.90. The molecule has 1 aromatic carbocycles. The van der Waals surface area contributed by atoms with Gasteiger partial charge in [-0.05, 0) is 29.6 Å². The number of hydrogen-bond donors (Lipinski definition) is 0. The number of hydrogen-bond acceptors (Lipinski definition) is 3. The Morgan fingerprint density at radius 2 is 1.94 bits per heavy atom. The fourth-order valence-corrected chi connectivity index (χ4v) is 3.88. The van der Waals surface area contributed by atoms with Crippen LogP contribution in [0.3, 0.4) is 0 Å². The molecule has 1 unspecified atom stereocenters. The van der Waals surface area contributed by atoms with Gasteiger partial charge in [0.1, 0.15) is 5.94 Å². The van der Waals surface area contributed by atoms with Crippen molar-refractivity contribution in [1.29, 1.82) is 0 Å². The number of benzene rings is 1. The Bertz CT molecular complexity index is 468. The van der Waals surface area contributed by atoms with Crippen molar-refractivity contribution in [3.63, 3.8) is 0 Å². The first-order valence-electron chi connectivity index (χ1n) is 6.30. The molecule has 0 bridgehead atoms. The van der Waals surface area contributed by atoms with Crippen molar-refractivity contribution < 1.29 is 4.74 Å². The molecule has 0 saturated carbocycles. The first kappa shape index (κ1) is 13.3. The predicted molar refractivity (Wildman–Crippen MR) is 80.1 cm³/mol. The fourth-order valence-electron chi connectivity index (χ4n) is 1.95. The van der Waals surface area contributed by atoms with E-state index in [-0.39, 0.29) is 10.7 Å². The monoisotopic (exact) mass is 264 g/mol. The second-order valence-electron chi connectivity index (χ2n) is 4.03. The van der Waals surface area contributed by atoms with Crippen molar-refractivity contribution in [2.24, 2.45) is 5.10 Å². The summed E-state index contributed by atoms with van der Waals surface area (Å²) in [6.45, 7) is 4.94. The lowest BCUT2D eigenvalue weighted by atomic mass is 10.1. The number of hydrazone groups is 1. The van der Waals surface area contributed by atoms with Gasteiger partial charge in [0.25, 0.3) is 0 Å². The zero-order valence-electron chi connectivity index (χ0n) is 11.2. The van der Waals surface area contributed by atoms with E-state index in [9.17, 15) is 0 Å². The van der Waals surface area contributed by atoms with Crippen molar-refractivity contribution in [2.45, 2.75) is 20.3 Å². The molecule has 1 atom stereocenters. The van der Waals surface area contributed by atoms with Crippen molar-refractivity contribution in [3.05, 3.63) is 35.9 Å². The van der Waals surface area contributed by atoms with E-state index in [4.69, 9.17) is 4.74 Å². The van der Waals surface area contributed by atoms with Crippen LogP contribution in [0.2, 0.25) is 0 Å². The summed E-state index contributed by atoms with van der Waals surface area (Å²) < 4.78 is 7.66. The maximum Gasteiger partial charge on any atom is 0.107 e. The van der Waals surface area contributed by atoms with Gasteiger partial charge in [-0.1, -0.05) is 37.3 Å². The molecule has 4 heteroatoms. The smallest absolute Gasteiger partial charge is 0.107 e. The maximum atomic E-state index is 5.61. The van der Waals surface area contributed by atoms with Crippen LogP contribution in [0.25, 0.3) is 0 Å². The zero-order chi connectivity index (χ0) is 13.0. The van der Waals surface area contributed by atoms with Crippen molar-refractivity contribution in [1.82, 2.24) is 4.41 Å². The Balaban J connectivity index is 2.40. The second kappa shape index (κ2) is 6.16. The van der Waals surface area contributed by atoms with Gasteiger partial charge in [0, 0.05) is 13.7 Å². The average molecular weight is 264 g/mol. The second-order valence-corrected chi connectivity index (χ2v) is 5.94. The van der Waals surface area contributed by atoms with Gasteiger partial charge >= 0.3 is 0 Å². The van der Waals surface area contributed by atoms with Gasteiger partial charge in [0.05, 0.1) is 10.6 Å². The highest BCUT2D eigenvalue weighted by molar-refractivity contribution is 8.15. The summed E-state index contributed by atoms with van der Waals surface area (Å²) in [5.41, 5.74) is 2.46. The van der Waals surface area contributed by atoms with Crippen LogP contribution in [0.1, 0.15) is 25.8 Å². The maximum absolute atomic E-state index is 5.61. The van der Waals surface area contributed by atoms with Crippen LogP contribution in [0.5, 0.6) is 0 Å². The molecular weight excluding hydrogens is 244 g/mol. The third kappa shape index (κ3) is 2.65. The molecule has 18 heavy (non-hydrogen) atoms. The van der Waals surface area contributed by atoms with E-state index in [2.05, 4.69) is 40.7 Å². The number of ether oxygens (including phenoxy) is 1. The van der Waals surface area contributed by atoms with E-state index < -0.39 is 0 Å². The van der Waals surface area contributed by atoms with Crippen LogP contribution >= 0.6 is 10.7 Å². The molecule has 0 fully saturated rings. The van der Waals surface area contributed by atoms with Crippen LogP contribution in [0.4, 0.5) is 0 Å². The Labute approximate surface area is 112 Å². The molecule has 1 heterocycles. The van der Waals surface area contributed by atoms with E-state index in [0.717, 1.165) is 19.0 Å². The van der Waals surface area contributed by atoms with Gasteiger partial charge < -0.3 is 4.74 Å². The minimum absolute atomic E-state index is 0.0666. The van der Waals surface area contributed by atoms with Crippen LogP contribution in [-0.2, 0) is 4.74 Å². The molecule has 0 radical (unpaired) electrons.